The van der Waals surface area contributed by atoms with Crippen LogP contribution in [0.5, 0.6) is 0 Å². The first kappa shape index (κ1) is 16.4. The molecule has 8 nitrogen and oxygen atoms in total. The van der Waals surface area contributed by atoms with Crippen molar-refractivity contribution >= 4 is 11.7 Å². The van der Waals surface area contributed by atoms with E-state index in [0.717, 1.165) is 17.7 Å². The molecule has 0 saturated heterocycles. The molecule has 0 aromatic heterocycles. The van der Waals surface area contributed by atoms with Gasteiger partial charge in [-0.3, -0.25) is 0 Å². The van der Waals surface area contributed by atoms with Crippen LogP contribution in [0, 0.1) is 17.0 Å². The van der Waals surface area contributed by atoms with Gasteiger partial charge in [-0.1, -0.05) is 36.8 Å². The topological polar surface area (TPSA) is 140 Å². The second-order valence-electron chi connectivity index (χ2n) is 3.53. The van der Waals surface area contributed by atoms with Crippen LogP contribution in [-0.4, -0.2) is 22.0 Å². The largest absolute Gasteiger partial charge is 0.369 e. The van der Waals surface area contributed by atoms with Crippen LogP contribution in [0.3, 0.4) is 0 Å². The van der Waals surface area contributed by atoms with Gasteiger partial charge in [0.2, 0.25) is 5.96 Å². The average molecular weight is 267 g/mol. The van der Waals surface area contributed by atoms with Crippen molar-refractivity contribution in [3.63, 3.8) is 0 Å². The molecule has 0 aliphatic rings. The van der Waals surface area contributed by atoms with Gasteiger partial charge in [-0.15, -0.1) is 15.2 Å². The van der Waals surface area contributed by atoms with E-state index in [-0.39, 0.29) is 5.96 Å². The summed E-state index contributed by atoms with van der Waals surface area (Å²) in [6.45, 7) is 4.06. The van der Waals surface area contributed by atoms with Gasteiger partial charge in [0.1, 0.15) is 0 Å². The number of hydrogen-bond donors (Lipinski definition) is 3. The zero-order valence-electron chi connectivity index (χ0n) is 10.8. The number of guanidine groups is 1. The van der Waals surface area contributed by atoms with Gasteiger partial charge in [-0.2, -0.15) is 5.10 Å². The standard InChI is InChI=1S/C11H16N4.HNO3/c1-3-10(14-15-11(12)13)9-6-4-8(2)5-7-9;2-1(3)4/h4-7H,3H2,1-2H3,(H4,12,13,15);(H,2,3,4)/b14-10-;. The predicted octanol–water partition coefficient (Wildman–Crippen LogP) is 1.03. The van der Waals surface area contributed by atoms with Crippen LogP contribution < -0.4 is 11.5 Å². The van der Waals surface area contributed by atoms with Crippen molar-refractivity contribution in [2.45, 2.75) is 20.3 Å². The summed E-state index contributed by atoms with van der Waals surface area (Å²) in [6, 6.07) is 8.10. The first-order valence-electron chi connectivity index (χ1n) is 5.42. The van der Waals surface area contributed by atoms with Gasteiger partial charge >= 0.3 is 0 Å². The summed E-state index contributed by atoms with van der Waals surface area (Å²) in [6.07, 6.45) is 0.792. The second kappa shape index (κ2) is 8.45. The van der Waals surface area contributed by atoms with Crippen LogP contribution in [-0.2, 0) is 0 Å². The van der Waals surface area contributed by atoms with Crippen LogP contribution >= 0.6 is 0 Å². The first-order valence-corrected chi connectivity index (χ1v) is 5.42. The van der Waals surface area contributed by atoms with Crippen LogP contribution in [0.4, 0.5) is 0 Å². The van der Waals surface area contributed by atoms with Gasteiger partial charge in [-0.25, -0.2) is 0 Å². The molecule has 1 aromatic rings. The molecule has 0 heterocycles. The van der Waals surface area contributed by atoms with Gasteiger partial charge < -0.3 is 16.7 Å². The molecule has 19 heavy (non-hydrogen) atoms. The Morgan fingerprint density at radius 1 is 1.32 bits per heavy atom. The molecule has 1 rings (SSSR count). The van der Waals surface area contributed by atoms with Gasteiger partial charge in [0.05, 0.1) is 5.71 Å². The third-order valence-corrected chi connectivity index (χ3v) is 2.01. The molecule has 0 amide bonds. The molecular weight excluding hydrogens is 250 g/mol. The minimum Gasteiger partial charge on any atom is -0.369 e. The number of hydrogen-bond acceptors (Lipinski definition) is 4. The van der Waals surface area contributed by atoms with E-state index in [4.69, 9.17) is 26.8 Å². The number of nitrogens with two attached hydrogens (primary N) is 2. The van der Waals surface area contributed by atoms with Crippen molar-refractivity contribution in [2.75, 3.05) is 0 Å². The summed E-state index contributed by atoms with van der Waals surface area (Å²) >= 11 is 0. The highest BCUT2D eigenvalue weighted by atomic mass is 16.9. The number of benzene rings is 1. The maximum atomic E-state index is 8.36. The SMILES string of the molecule is CC/C(=N/N=C(N)N)c1ccc(C)cc1.O=[N+]([O-])O. The fraction of sp³-hybridized carbons (Fsp3) is 0.273. The summed E-state index contributed by atoms with van der Waals surface area (Å²) in [5.41, 5.74) is 13.6. The highest BCUT2D eigenvalue weighted by molar-refractivity contribution is 6.00. The Kier molecular flexibility index (Phi) is 7.28. The van der Waals surface area contributed by atoms with Crippen molar-refractivity contribution in [1.82, 2.24) is 0 Å². The Labute approximate surface area is 110 Å². The van der Waals surface area contributed by atoms with Crippen molar-refractivity contribution in [3.8, 4) is 0 Å². The van der Waals surface area contributed by atoms with Gasteiger partial charge in [-0.05, 0) is 18.9 Å². The number of nitrogens with zero attached hydrogens (tertiary/aromatic N) is 3. The summed E-state index contributed by atoms with van der Waals surface area (Å²) in [7, 11) is 0. The molecule has 0 bridgehead atoms. The number of rotatable bonds is 3. The summed E-state index contributed by atoms with van der Waals surface area (Å²) in [4.78, 5) is 8.36. The molecular formula is C11H17N5O3. The van der Waals surface area contributed by atoms with E-state index in [1.54, 1.807) is 0 Å². The lowest BCUT2D eigenvalue weighted by Gasteiger charge is -2.02. The van der Waals surface area contributed by atoms with Gasteiger partial charge in [0, 0.05) is 0 Å². The summed E-state index contributed by atoms with van der Waals surface area (Å²) in [5.74, 6) is -0.0203. The van der Waals surface area contributed by atoms with E-state index in [1.165, 1.54) is 5.56 Å². The Morgan fingerprint density at radius 3 is 2.16 bits per heavy atom. The molecule has 0 atom stereocenters. The maximum Gasteiger partial charge on any atom is 0.291 e. The minimum atomic E-state index is -1.50. The monoisotopic (exact) mass is 267 g/mol. The molecule has 0 radical (unpaired) electrons. The van der Waals surface area contributed by atoms with E-state index in [2.05, 4.69) is 10.2 Å². The number of aryl methyl sites for hydroxylation is 1. The molecule has 0 aliphatic heterocycles. The van der Waals surface area contributed by atoms with E-state index in [0.29, 0.717) is 0 Å². The third-order valence-electron chi connectivity index (χ3n) is 2.01. The average Bonchev–Trinajstić information content (AvgIpc) is 2.31. The molecule has 5 N–H and O–H groups in total. The maximum absolute atomic E-state index is 8.36. The molecule has 0 unspecified atom stereocenters. The summed E-state index contributed by atoms with van der Waals surface area (Å²) in [5, 5.41) is 21.3. The Hall–Kier alpha value is -2.64. The lowest BCUT2D eigenvalue weighted by atomic mass is 10.1. The first-order chi connectivity index (χ1) is 8.86. The predicted molar refractivity (Wildman–Crippen MR) is 72.6 cm³/mol. The van der Waals surface area contributed by atoms with Gasteiger partial charge in [0.25, 0.3) is 5.09 Å². The van der Waals surface area contributed by atoms with E-state index in [1.807, 2.05) is 38.1 Å². The van der Waals surface area contributed by atoms with Crippen molar-refractivity contribution in [1.29, 1.82) is 0 Å². The molecule has 8 heteroatoms. The highest BCUT2D eigenvalue weighted by Gasteiger charge is 2.00. The molecule has 104 valence electrons. The van der Waals surface area contributed by atoms with E-state index < -0.39 is 5.09 Å². The van der Waals surface area contributed by atoms with Gasteiger partial charge in [0.15, 0.2) is 0 Å². The molecule has 0 aliphatic carbocycles. The molecule has 0 spiro atoms. The Balaban J connectivity index is 0.000000711. The third kappa shape index (κ3) is 8.13. The smallest absolute Gasteiger partial charge is 0.291 e. The normalized spacial score (nSPS) is 10.1. The van der Waals surface area contributed by atoms with Crippen LogP contribution in [0.2, 0.25) is 0 Å². The van der Waals surface area contributed by atoms with E-state index >= 15 is 0 Å². The van der Waals surface area contributed by atoms with Crippen LogP contribution in [0.1, 0.15) is 24.5 Å². The van der Waals surface area contributed by atoms with Crippen LogP contribution in [0.15, 0.2) is 34.5 Å². The highest BCUT2D eigenvalue weighted by Crippen LogP contribution is 2.07. The van der Waals surface area contributed by atoms with Crippen molar-refractivity contribution in [3.05, 3.63) is 45.5 Å². The Morgan fingerprint density at radius 2 is 1.79 bits per heavy atom. The fourth-order valence-electron chi connectivity index (χ4n) is 1.20. The zero-order valence-corrected chi connectivity index (χ0v) is 10.8. The minimum absolute atomic E-state index is 0.0203. The summed E-state index contributed by atoms with van der Waals surface area (Å²) < 4.78 is 0. The Bertz CT molecular complexity index is 460. The zero-order chi connectivity index (χ0) is 14.8. The molecule has 1 aromatic carbocycles. The quantitative estimate of drug-likeness (QED) is 0.324. The van der Waals surface area contributed by atoms with E-state index in [9.17, 15) is 0 Å². The fourth-order valence-corrected chi connectivity index (χ4v) is 1.20. The lowest BCUT2D eigenvalue weighted by Crippen LogP contribution is -2.22. The van der Waals surface area contributed by atoms with Crippen molar-refractivity contribution in [2.24, 2.45) is 21.7 Å². The van der Waals surface area contributed by atoms with Crippen LogP contribution in [0.25, 0.3) is 0 Å². The lowest BCUT2D eigenvalue weighted by molar-refractivity contribution is -0.742. The molecule has 0 saturated carbocycles. The second-order valence-corrected chi connectivity index (χ2v) is 3.53. The van der Waals surface area contributed by atoms with Crippen molar-refractivity contribution < 1.29 is 10.3 Å². The molecule has 0 fully saturated rings.